The van der Waals surface area contributed by atoms with Crippen LogP contribution in [0.4, 0.5) is 0 Å². The van der Waals surface area contributed by atoms with E-state index in [1.165, 1.54) is 4.68 Å². The second-order valence-corrected chi connectivity index (χ2v) is 5.84. The Hall–Kier alpha value is -2.35. The Balaban J connectivity index is 1.62. The molecule has 8 heteroatoms. The van der Waals surface area contributed by atoms with Crippen molar-refractivity contribution in [1.29, 1.82) is 0 Å². The zero-order valence-electron chi connectivity index (χ0n) is 12.7. The first-order valence-corrected chi connectivity index (χ1v) is 7.83. The maximum Gasteiger partial charge on any atom is 0.347 e. The van der Waals surface area contributed by atoms with Gasteiger partial charge in [-0.05, 0) is 25.0 Å². The van der Waals surface area contributed by atoms with E-state index in [2.05, 4.69) is 5.10 Å². The van der Waals surface area contributed by atoms with Gasteiger partial charge in [-0.1, -0.05) is 0 Å². The topological polar surface area (TPSA) is 82.5 Å². The lowest BCUT2D eigenvalue weighted by Crippen LogP contribution is -2.43. The largest absolute Gasteiger partial charge is 0.461 e. The highest BCUT2D eigenvalue weighted by atomic mass is 16.5. The number of rotatable bonds is 4. The van der Waals surface area contributed by atoms with E-state index in [-0.39, 0.29) is 24.2 Å². The number of carbonyl (C=O) groups is 1. The molecule has 4 rings (SSSR count). The van der Waals surface area contributed by atoms with Crippen LogP contribution in [-0.4, -0.2) is 51.5 Å². The van der Waals surface area contributed by atoms with Gasteiger partial charge in [0.15, 0.2) is 5.76 Å². The average Bonchev–Trinajstić information content (AvgIpc) is 3.15. The highest BCUT2D eigenvalue weighted by Crippen LogP contribution is 2.36. The highest BCUT2D eigenvalue weighted by molar-refractivity contribution is 5.76. The van der Waals surface area contributed by atoms with Crippen molar-refractivity contribution in [3.63, 3.8) is 0 Å². The van der Waals surface area contributed by atoms with E-state index in [4.69, 9.17) is 9.15 Å². The Bertz CT molecular complexity index is 751. The minimum atomic E-state index is -0.250. The summed E-state index contributed by atoms with van der Waals surface area (Å²) in [5.74, 6) is 0.936. The van der Waals surface area contributed by atoms with E-state index >= 15 is 0 Å². The van der Waals surface area contributed by atoms with Crippen LogP contribution >= 0.6 is 0 Å². The zero-order valence-corrected chi connectivity index (χ0v) is 12.7. The molecule has 0 unspecified atom stereocenters. The van der Waals surface area contributed by atoms with Crippen molar-refractivity contribution in [2.24, 2.45) is 0 Å². The highest BCUT2D eigenvalue weighted by Gasteiger charge is 2.32. The number of carbonyl (C=O) groups excluding carboxylic acids is 1. The molecule has 23 heavy (non-hydrogen) atoms. The molecule has 0 N–H and O–H groups in total. The number of furan rings is 1. The normalized spacial score (nSPS) is 18.3. The standard InChI is InChI=1S/C15H18N4O4/c20-13(17-5-8-22-9-6-17)10-18-15(21)19(11-3-4-11)14(16-18)12-2-1-7-23-12/h1-2,7,11H,3-6,8-10H2. The fourth-order valence-corrected chi connectivity index (χ4v) is 2.80. The molecule has 2 fully saturated rings. The summed E-state index contributed by atoms with van der Waals surface area (Å²) in [6.07, 6.45) is 3.46. The molecular formula is C15H18N4O4. The first kappa shape index (κ1) is 14.3. The Morgan fingerprint density at radius 1 is 1.30 bits per heavy atom. The minimum Gasteiger partial charge on any atom is -0.461 e. The van der Waals surface area contributed by atoms with Crippen LogP contribution in [0, 0.1) is 0 Å². The third kappa shape index (κ3) is 2.70. The first-order valence-electron chi connectivity index (χ1n) is 7.83. The summed E-state index contributed by atoms with van der Waals surface area (Å²) < 4.78 is 13.5. The molecule has 2 aromatic heterocycles. The Morgan fingerprint density at radius 3 is 2.74 bits per heavy atom. The van der Waals surface area contributed by atoms with Crippen LogP contribution < -0.4 is 5.69 Å². The Kier molecular flexibility index (Phi) is 3.53. The van der Waals surface area contributed by atoms with Gasteiger partial charge in [0.25, 0.3) is 0 Å². The summed E-state index contributed by atoms with van der Waals surface area (Å²) in [6.45, 7) is 2.14. The van der Waals surface area contributed by atoms with Crippen molar-refractivity contribution in [3.05, 3.63) is 28.9 Å². The Morgan fingerprint density at radius 2 is 2.09 bits per heavy atom. The number of ether oxygens (including phenoxy) is 1. The third-order valence-electron chi connectivity index (χ3n) is 4.17. The molecule has 0 aromatic carbocycles. The fraction of sp³-hybridized carbons (Fsp3) is 0.533. The van der Waals surface area contributed by atoms with Crippen molar-refractivity contribution in [1.82, 2.24) is 19.2 Å². The lowest BCUT2D eigenvalue weighted by Gasteiger charge is -2.26. The lowest BCUT2D eigenvalue weighted by atomic mass is 10.4. The van der Waals surface area contributed by atoms with Gasteiger partial charge in [0.1, 0.15) is 6.54 Å². The quantitative estimate of drug-likeness (QED) is 0.820. The molecule has 2 aliphatic rings. The summed E-state index contributed by atoms with van der Waals surface area (Å²) in [7, 11) is 0. The molecule has 1 saturated heterocycles. The molecule has 1 saturated carbocycles. The fourth-order valence-electron chi connectivity index (χ4n) is 2.80. The van der Waals surface area contributed by atoms with E-state index in [0.717, 1.165) is 12.8 Å². The van der Waals surface area contributed by atoms with Gasteiger partial charge in [0.05, 0.1) is 19.5 Å². The second-order valence-electron chi connectivity index (χ2n) is 5.84. The molecule has 0 atom stereocenters. The summed E-state index contributed by atoms with van der Waals surface area (Å²) in [4.78, 5) is 26.7. The molecule has 0 spiro atoms. The number of hydrogen-bond donors (Lipinski definition) is 0. The molecule has 3 heterocycles. The van der Waals surface area contributed by atoms with Gasteiger partial charge >= 0.3 is 5.69 Å². The van der Waals surface area contributed by atoms with Crippen molar-refractivity contribution >= 4 is 5.91 Å². The number of nitrogens with zero attached hydrogens (tertiary/aromatic N) is 4. The molecule has 1 aliphatic carbocycles. The van der Waals surface area contributed by atoms with Crippen molar-refractivity contribution < 1.29 is 13.9 Å². The SMILES string of the molecule is O=C(Cn1nc(-c2ccco2)n(C2CC2)c1=O)N1CCOCC1. The molecule has 1 amide bonds. The second kappa shape index (κ2) is 5.69. The minimum absolute atomic E-state index is 0.0493. The van der Waals surface area contributed by atoms with Crippen LogP contribution in [0.3, 0.4) is 0 Å². The summed E-state index contributed by atoms with van der Waals surface area (Å²) >= 11 is 0. The van der Waals surface area contributed by atoms with E-state index < -0.39 is 0 Å². The van der Waals surface area contributed by atoms with E-state index in [0.29, 0.717) is 37.9 Å². The first-order chi connectivity index (χ1) is 11.2. The predicted octanol–water partition coefficient (Wildman–Crippen LogP) is 0.498. The molecule has 8 nitrogen and oxygen atoms in total. The van der Waals surface area contributed by atoms with Gasteiger partial charge in [-0.2, -0.15) is 0 Å². The van der Waals surface area contributed by atoms with Crippen molar-refractivity contribution in [2.45, 2.75) is 25.4 Å². The van der Waals surface area contributed by atoms with Crippen LogP contribution in [0.2, 0.25) is 0 Å². The third-order valence-corrected chi connectivity index (χ3v) is 4.17. The molecular weight excluding hydrogens is 300 g/mol. The number of aromatic nitrogens is 3. The summed E-state index contributed by atoms with van der Waals surface area (Å²) in [5.41, 5.74) is -0.250. The van der Waals surface area contributed by atoms with Gasteiger partial charge in [-0.25, -0.2) is 9.48 Å². The van der Waals surface area contributed by atoms with Gasteiger partial charge in [-0.3, -0.25) is 9.36 Å². The maximum atomic E-state index is 12.6. The zero-order chi connectivity index (χ0) is 15.8. The molecule has 1 aliphatic heterocycles. The lowest BCUT2D eigenvalue weighted by molar-refractivity contribution is -0.136. The van der Waals surface area contributed by atoms with Crippen LogP contribution in [0.15, 0.2) is 27.6 Å². The molecule has 2 aromatic rings. The summed E-state index contributed by atoms with van der Waals surface area (Å²) in [6, 6.07) is 3.69. The van der Waals surface area contributed by atoms with Crippen LogP contribution in [0.5, 0.6) is 0 Å². The Labute approximate surface area is 132 Å². The molecule has 122 valence electrons. The van der Waals surface area contributed by atoms with Gasteiger partial charge in [-0.15, -0.1) is 5.10 Å². The molecule has 0 bridgehead atoms. The van der Waals surface area contributed by atoms with Gasteiger partial charge < -0.3 is 14.1 Å². The van der Waals surface area contributed by atoms with Crippen LogP contribution in [0.25, 0.3) is 11.6 Å². The van der Waals surface area contributed by atoms with E-state index in [1.54, 1.807) is 27.9 Å². The number of morpholine rings is 1. The smallest absolute Gasteiger partial charge is 0.347 e. The number of hydrogen-bond acceptors (Lipinski definition) is 5. The van der Waals surface area contributed by atoms with Crippen LogP contribution in [0.1, 0.15) is 18.9 Å². The van der Waals surface area contributed by atoms with Crippen molar-refractivity contribution in [3.8, 4) is 11.6 Å². The average molecular weight is 318 g/mol. The van der Waals surface area contributed by atoms with Crippen molar-refractivity contribution in [2.75, 3.05) is 26.3 Å². The van der Waals surface area contributed by atoms with E-state index in [9.17, 15) is 9.59 Å². The monoisotopic (exact) mass is 318 g/mol. The van der Waals surface area contributed by atoms with E-state index in [1.807, 2.05) is 0 Å². The summed E-state index contributed by atoms with van der Waals surface area (Å²) in [5, 5.41) is 4.34. The maximum absolute atomic E-state index is 12.6. The number of amides is 1. The predicted molar refractivity (Wildman–Crippen MR) is 79.9 cm³/mol. The van der Waals surface area contributed by atoms with Crippen LogP contribution in [-0.2, 0) is 16.1 Å². The van der Waals surface area contributed by atoms with Gasteiger partial charge in [0, 0.05) is 19.1 Å². The van der Waals surface area contributed by atoms with Gasteiger partial charge in [0.2, 0.25) is 11.7 Å². The molecule has 0 radical (unpaired) electrons.